The van der Waals surface area contributed by atoms with Gasteiger partial charge >= 0.3 is 0 Å². The van der Waals surface area contributed by atoms with Crippen LogP contribution in [0.2, 0.25) is 0 Å². The molecule has 1 aliphatic heterocycles. The maximum atomic E-state index is 11.2. The molecule has 0 saturated carbocycles. The van der Waals surface area contributed by atoms with Crippen molar-refractivity contribution in [2.24, 2.45) is 10.8 Å². The number of hydrogen-bond donors (Lipinski definition) is 3. The number of rotatable bonds is 5. The summed E-state index contributed by atoms with van der Waals surface area (Å²) in [5.41, 5.74) is 2.60. The van der Waals surface area contributed by atoms with Crippen LogP contribution in [0.5, 0.6) is 0 Å². The molecule has 1 amide bonds. The van der Waals surface area contributed by atoms with Crippen molar-refractivity contribution in [3.8, 4) is 0 Å². The number of carbonyl (C=O) groups excluding carboxylic acids is 1. The average molecular weight is 257 g/mol. The first-order chi connectivity index (χ1) is 8.77. The molecule has 104 valence electrons. The van der Waals surface area contributed by atoms with Gasteiger partial charge < -0.3 is 15.0 Å². The normalized spacial score (nSPS) is 17.3. The Morgan fingerprint density at radius 3 is 3.17 bits per heavy atom. The monoisotopic (exact) mass is 257 g/mol. The third kappa shape index (κ3) is 5.33. The smallest absolute Gasteiger partial charge is 0.221 e. The van der Waals surface area contributed by atoms with Crippen molar-refractivity contribution in [1.82, 2.24) is 15.6 Å². The maximum absolute atomic E-state index is 11.2. The Bertz CT molecular complexity index is 283. The number of nitrogens with one attached hydrogen (secondary N) is 2. The van der Waals surface area contributed by atoms with E-state index in [-0.39, 0.29) is 5.91 Å². The van der Waals surface area contributed by atoms with Gasteiger partial charge in [-0.2, -0.15) is 0 Å². The van der Waals surface area contributed by atoms with Crippen molar-refractivity contribution in [3.05, 3.63) is 0 Å². The highest BCUT2D eigenvalue weighted by Gasteiger charge is 2.15. The fourth-order valence-corrected chi connectivity index (χ4v) is 1.71. The van der Waals surface area contributed by atoms with E-state index in [0.717, 1.165) is 19.6 Å². The summed E-state index contributed by atoms with van der Waals surface area (Å²) < 4.78 is 5.24. The number of hydrogen-bond acceptors (Lipinski definition) is 4. The van der Waals surface area contributed by atoms with Crippen molar-refractivity contribution in [2.45, 2.75) is 19.8 Å². The summed E-state index contributed by atoms with van der Waals surface area (Å²) in [4.78, 5) is 17.6. The molecule has 1 fully saturated rings. The van der Waals surface area contributed by atoms with E-state index in [1.807, 2.05) is 11.8 Å². The summed E-state index contributed by atoms with van der Waals surface area (Å²) in [5, 5.41) is 2.81. The van der Waals surface area contributed by atoms with Crippen molar-refractivity contribution in [2.75, 3.05) is 39.4 Å². The Morgan fingerprint density at radius 1 is 1.61 bits per heavy atom. The lowest BCUT2D eigenvalue weighted by Gasteiger charge is -2.22. The van der Waals surface area contributed by atoms with Gasteiger partial charge in [-0.25, -0.2) is 5.84 Å². The van der Waals surface area contributed by atoms with E-state index in [9.17, 15) is 4.79 Å². The highest BCUT2D eigenvalue weighted by molar-refractivity contribution is 5.81. The van der Waals surface area contributed by atoms with E-state index >= 15 is 0 Å². The van der Waals surface area contributed by atoms with E-state index in [1.165, 1.54) is 0 Å². The Balaban J connectivity index is 2.38. The first kappa shape index (κ1) is 14.7. The maximum Gasteiger partial charge on any atom is 0.221 e. The van der Waals surface area contributed by atoms with Crippen LogP contribution >= 0.6 is 0 Å². The van der Waals surface area contributed by atoms with Gasteiger partial charge in [0.2, 0.25) is 11.9 Å². The first-order valence-corrected chi connectivity index (χ1v) is 6.38. The van der Waals surface area contributed by atoms with Crippen LogP contribution < -0.4 is 16.6 Å². The summed E-state index contributed by atoms with van der Waals surface area (Å²) in [6.45, 7) is 6.05. The Labute approximate surface area is 108 Å². The fourth-order valence-electron chi connectivity index (χ4n) is 1.71. The number of amides is 1. The Kier molecular flexibility index (Phi) is 7.12. The first-order valence-electron chi connectivity index (χ1n) is 6.38. The quantitative estimate of drug-likeness (QED) is 0.194. The van der Waals surface area contributed by atoms with Crippen LogP contribution in [0.3, 0.4) is 0 Å². The van der Waals surface area contributed by atoms with Gasteiger partial charge in [0.15, 0.2) is 0 Å². The highest BCUT2D eigenvalue weighted by atomic mass is 16.5. The van der Waals surface area contributed by atoms with Crippen LogP contribution in [-0.4, -0.2) is 56.2 Å². The van der Waals surface area contributed by atoms with Crippen LogP contribution in [0, 0.1) is 0 Å². The minimum atomic E-state index is 0.0743. The van der Waals surface area contributed by atoms with E-state index in [2.05, 4.69) is 15.7 Å². The van der Waals surface area contributed by atoms with Gasteiger partial charge in [0.05, 0.1) is 0 Å². The summed E-state index contributed by atoms with van der Waals surface area (Å²) >= 11 is 0. The number of aliphatic imine (C=N–C) groups is 1. The zero-order valence-corrected chi connectivity index (χ0v) is 10.9. The molecule has 0 unspecified atom stereocenters. The molecule has 0 atom stereocenters. The summed E-state index contributed by atoms with van der Waals surface area (Å²) in [6, 6.07) is 0. The number of nitrogens with two attached hydrogens (primary N) is 1. The van der Waals surface area contributed by atoms with Crippen molar-refractivity contribution in [3.63, 3.8) is 0 Å². The van der Waals surface area contributed by atoms with E-state index in [1.54, 1.807) is 0 Å². The number of ether oxygens (including phenoxy) is 1. The van der Waals surface area contributed by atoms with E-state index in [4.69, 9.17) is 10.6 Å². The second-order valence-electron chi connectivity index (χ2n) is 3.99. The molecule has 1 aliphatic rings. The zero-order valence-electron chi connectivity index (χ0n) is 10.9. The molecular formula is C11H23N5O2. The lowest BCUT2D eigenvalue weighted by Crippen LogP contribution is -2.46. The molecule has 0 spiro atoms. The van der Waals surface area contributed by atoms with Crippen molar-refractivity contribution >= 4 is 11.9 Å². The zero-order chi connectivity index (χ0) is 13.2. The van der Waals surface area contributed by atoms with Gasteiger partial charge in [0, 0.05) is 45.8 Å². The Hall–Kier alpha value is -1.34. The van der Waals surface area contributed by atoms with Crippen LogP contribution in [0.25, 0.3) is 0 Å². The topological polar surface area (TPSA) is 92.0 Å². The van der Waals surface area contributed by atoms with Crippen LogP contribution in [-0.2, 0) is 9.53 Å². The van der Waals surface area contributed by atoms with Crippen molar-refractivity contribution in [1.29, 1.82) is 0 Å². The predicted octanol–water partition coefficient (Wildman–Crippen LogP) is -0.946. The van der Waals surface area contributed by atoms with Gasteiger partial charge in [0.1, 0.15) is 0 Å². The van der Waals surface area contributed by atoms with Crippen LogP contribution in [0.1, 0.15) is 19.8 Å². The lowest BCUT2D eigenvalue weighted by molar-refractivity contribution is -0.120. The minimum Gasteiger partial charge on any atom is -0.382 e. The number of carbonyl (C=O) groups is 1. The van der Waals surface area contributed by atoms with Gasteiger partial charge in [-0.3, -0.25) is 15.2 Å². The third-order valence-electron chi connectivity index (χ3n) is 2.65. The van der Waals surface area contributed by atoms with Gasteiger partial charge in [0.25, 0.3) is 0 Å². The predicted molar refractivity (Wildman–Crippen MR) is 69.9 cm³/mol. The molecule has 1 rings (SSSR count). The van der Waals surface area contributed by atoms with Gasteiger partial charge in [-0.05, 0) is 13.3 Å². The highest BCUT2D eigenvalue weighted by Crippen LogP contribution is 1.97. The van der Waals surface area contributed by atoms with Crippen molar-refractivity contribution < 1.29 is 9.53 Å². The standard InChI is InChI=1S/C11H23N5O2/c1-2-18-9-3-5-14-11(15-12)16-7-4-10(17)13-6-8-16/h2-9,12H2,1H3,(H,13,17)(H,14,15). The molecule has 1 heterocycles. The van der Waals surface area contributed by atoms with Gasteiger partial charge in [-0.15, -0.1) is 0 Å². The van der Waals surface area contributed by atoms with E-state index in [0.29, 0.717) is 38.6 Å². The molecule has 0 radical (unpaired) electrons. The number of nitrogens with zero attached hydrogens (tertiary/aromatic N) is 2. The fraction of sp³-hybridized carbons (Fsp3) is 0.818. The molecule has 1 saturated heterocycles. The molecule has 4 N–H and O–H groups in total. The Morgan fingerprint density at radius 2 is 2.44 bits per heavy atom. The summed E-state index contributed by atoms with van der Waals surface area (Å²) in [6.07, 6.45) is 1.34. The van der Waals surface area contributed by atoms with Crippen LogP contribution in [0.15, 0.2) is 4.99 Å². The second kappa shape index (κ2) is 8.71. The minimum absolute atomic E-state index is 0.0743. The van der Waals surface area contributed by atoms with Crippen LogP contribution in [0.4, 0.5) is 0 Å². The molecule has 0 aromatic heterocycles. The summed E-state index contributed by atoms with van der Waals surface area (Å²) in [5.74, 6) is 6.19. The molecule has 0 aromatic carbocycles. The SMILES string of the molecule is CCOCCCN=C(NN)N1CCNC(=O)CC1. The third-order valence-corrected chi connectivity index (χ3v) is 2.65. The number of hydrazine groups is 1. The average Bonchev–Trinajstić information content (AvgIpc) is 2.59. The largest absolute Gasteiger partial charge is 0.382 e. The second-order valence-corrected chi connectivity index (χ2v) is 3.99. The van der Waals surface area contributed by atoms with E-state index < -0.39 is 0 Å². The summed E-state index contributed by atoms with van der Waals surface area (Å²) in [7, 11) is 0. The van der Waals surface area contributed by atoms with Gasteiger partial charge in [-0.1, -0.05) is 0 Å². The molecule has 7 nitrogen and oxygen atoms in total. The molecule has 7 heteroatoms. The molecule has 0 bridgehead atoms. The number of guanidine groups is 1. The lowest BCUT2D eigenvalue weighted by atomic mass is 10.4. The molecular weight excluding hydrogens is 234 g/mol. The molecule has 0 aliphatic carbocycles. The molecule has 0 aromatic rings. The molecule has 18 heavy (non-hydrogen) atoms.